The second-order valence-corrected chi connectivity index (χ2v) is 10.5. The topological polar surface area (TPSA) is 26.3 Å². The SMILES string of the molecule is CC1CCC(C2CCC(C(=O)Oc3cc(F)c(-c4cc(F)c(/C=C/C(F)(F)F)c(F)c4)c(F)c3)CC2)CC1. The first-order chi connectivity index (χ1) is 17.9. The largest absolute Gasteiger partial charge is 0.426 e. The molecule has 2 aliphatic rings. The summed E-state index contributed by atoms with van der Waals surface area (Å²) < 4.78 is 100. The van der Waals surface area contributed by atoms with Crippen LogP contribution in [0.3, 0.4) is 0 Å². The van der Waals surface area contributed by atoms with Gasteiger partial charge in [-0.15, -0.1) is 0 Å². The standard InChI is InChI=1S/C29H29F7O2/c1-16-2-4-17(5-3-16)18-6-8-19(9-7-18)28(37)38-21-14-25(32)27(26(33)15-21)20-12-23(30)22(24(31)13-20)10-11-29(34,35)36/h10-19H,2-9H2,1H3/b11-10+. The van der Waals surface area contributed by atoms with E-state index < -0.39 is 52.1 Å². The molecule has 0 N–H and O–H groups in total. The average molecular weight is 543 g/mol. The van der Waals surface area contributed by atoms with Crippen LogP contribution in [0.15, 0.2) is 30.3 Å². The summed E-state index contributed by atoms with van der Waals surface area (Å²) in [5, 5.41) is 0. The maximum Gasteiger partial charge on any atom is 0.409 e. The number of alkyl halides is 3. The first kappa shape index (κ1) is 28.2. The van der Waals surface area contributed by atoms with Gasteiger partial charge in [0.25, 0.3) is 0 Å². The van der Waals surface area contributed by atoms with Gasteiger partial charge in [-0.25, -0.2) is 17.6 Å². The van der Waals surface area contributed by atoms with Gasteiger partial charge in [0.05, 0.1) is 11.5 Å². The first-order valence-corrected chi connectivity index (χ1v) is 12.9. The van der Waals surface area contributed by atoms with Crippen molar-refractivity contribution in [2.24, 2.45) is 23.7 Å². The highest BCUT2D eigenvalue weighted by atomic mass is 19.4. The lowest BCUT2D eigenvalue weighted by Crippen LogP contribution is -2.29. The van der Waals surface area contributed by atoms with Crippen LogP contribution < -0.4 is 4.74 Å². The third-order valence-corrected chi connectivity index (χ3v) is 7.87. The third-order valence-electron chi connectivity index (χ3n) is 7.87. The summed E-state index contributed by atoms with van der Waals surface area (Å²) in [6.07, 6.45) is 3.07. The monoisotopic (exact) mass is 542 g/mol. The minimum absolute atomic E-state index is 0.201. The van der Waals surface area contributed by atoms with E-state index in [0.29, 0.717) is 36.8 Å². The van der Waals surface area contributed by atoms with Gasteiger partial charge in [-0.05, 0) is 80.1 Å². The van der Waals surface area contributed by atoms with Gasteiger partial charge in [0.15, 0.2) is 0 Å². The van der Waals surface area contributed by atoms with Crippen LogP contribution in [0.2, 0.25) is 0 Å². The lowest BCUT2D eigenvalue weighted by Gasteiger charge is -2.36. The summed E-state index contributed by atoms with van der Waals surface area (Å²) in [4.78, 5) is 12.7. The van der Waals surface area contributed by atoms with E-state index in [2.05, 4.69) is 6.92 Å². The number of carbonyl (C=O) groups is 1. The van der Waals surface area contributed by atoms with Crippen LogP contribution >= 0.6 is 0 Å². The quantitative estimate of drug-likeness (QED) is 0.214. The molecule has 0 aromatic heterocycles. The van der Waals surface area contributed by atoms with Crippen LogP contribution in [0.25, 0.3) is 17.2 Å². The fourth-order valence-corrected chi connectivity index (χ4v) is 5.73. The summed E-state index contributed by atoms with van der Waals surface area (Å²) in [7, 11) is 0. The molecule has 9 heteroatoms. The van der Waals surface area contributed by atoms with Crippen LogP contribution in [0.1, 0.15) is 63.9 Å². The number of hydrogen-bond donors (Lipinski definition) is 0. The predicted molar refractivity (Wildman–Crippen MR) is 129 cm³/mol. The Kier molecular flexibility index (Phi) is 8.52. The van der Waals surface area contributed by atoms with Crippen molar-refractivity contribution < 1.29 is 40.3 Å². The van der Waals surface area contributed by atoms with Crippen molar-refractivity contribution in [1.29, 1.82) is 0 Å². The second-order valence-electron chi connectivity index (χ2n) is 10.5. The van der Waals surface area contributed by atoms with E-state index in [0.717, 1.165) is 30.9 Å². The minimum atomic E-state index is -4.80. The Bertz CT molecular complexity index is 1140. The van der Waals surface area contributed by atoms with Crippen molar-refractivity contribution in [2.75, 3.05) is 0 Å². The third kappa shape index (κ3) is 6.77. The Hall–Kier alpha value is -2.84. The summed E-state index contributed by atoms with van der Waals surface area (Å²) in [6, 6.07) is 2.58. The van der Waals surface area contributed by atoms with Crippen molar-refractivity contribution in [3.63, 3.8) is 0 Å². The van der Waals surface area contributed by atoms with Gasteiger partial charge in [-0.1, -0.05) is 19.8 Å². The zero-order valence-corrected chi connectivity index (χ0v) is 20.9. The van der Waals surface area contributed by atoms with Crippen LogP contribution in [-0.2, 0) is 4.79 Å². The van der Waals surface area contributed by atoms with Gasteiger partial charge in [-0.3, -0.25) is 4.79 Å². The van der Waals surface area contributed by atoms with Crippen LogP contribution in [-0.4, -0.2) is 12.1 Å². The number of carbonyl (C=O) groups excluding carboxylic acids is 1. The number of hydrogen-bond acceptors (Lipinski definition) is 2. The molecule has 38 heavy (non-hydrogen) atoms. The Morgan fingerprint density at radius 2 is 1.29 bits per heavy atom. The Labute approximate surface area is 216 Å². The van der Waals surface area contributed by atoms with Crippen molar-refractivity contribution in [1.82, 2.24) is 0 Å². The lowest BCUT2D eigenvalue weighted by atomic mass is 9.69. The van der Waals surface area contributed by atoms with E-state index in [-0.39, 0.29) is 23.8 Å². The maximum atomic E-state index is 14.8. The molecule has 0 atom stereocenters. The van der Waals surface area contributed by atoms with Gasteiger partial charge in [-0.2, -0.15) is 13.2 Å². The molecule has 2 aromatic carbocycles. The number of halogens is 7. The Morgan fingerprint density at radius 1 is 0.789 bits per heavy atom. The molecule has 0 radical (unpaired) electrons. The van der Waals surface area contributed by atoms with Crippen molar-refractivity contribution in [2.45, 2.75) is 64.5 Å². The molecule has 4 rings (SSSR count). The van der Waals surface area contributed by atoms with Gasteiger partial charge in [0.1, 0.15) is 29.0 Å². The molecule has 0 spiro atoms. The highest BCUT2D eigenvalue weighted by Crippen LogP contribution is 2.42. The highest BCUT2D eigenvalue weighted by molar-refractivity contribution is 5.76. The van der Waals surface area contributed by atoms with Crippen LogP contribution in [0.5, 0.6) is 5.75 Å². The van der Waals surface area contributed by atoms with E-state index in [4.69, 9.17) is 4.74 Å². The molecule has 0 bridgehead atoms. The minimum Gasteiger partial charge on any atom is -0.426 e. The van der Waals surface area contributed by atoms with Crippen molar-refractivity contribution >= 4 is 12.0 Å². The fourth-order valence-electron chi connectivity index (χ4n) is 5.73. The summed E-state index contributed by atoms with van der Waals surface area (Å²) in [5.74, 6) is -4.61. The molecule has 206 valence electrons. The molecule has 2 saturated carbocycles. The Balaban J connectivity index is 1.42. The molecule has 0 amide bonds. The average Bonchev–Trinajstić information content (AvgIpc) is 2.83. The molecular formula is C29H29F7O2. The van der Waals surface area contributed by atoms with E-state index in [1.54, 1.807) is 0 Å². The number of rotatable bonds is 5. The number of benzene rings is 2. The molecule has 2 aromatic rings. The zero-order valence-electron chi connectivity index (χ0n) is 20.9. The number of ether oxygens (including phenoxy) is 1. The molecule has 0 heterocycles. The summed E-state index contributed by atoms with van der Waals surface area (Å²) in [5.41, 5.74) is -2.34. The molecule has 2 nitrogen and oxygen atoms in total. The summed E-state index contributed by atoms with van der Waals surface area (Å²) in [6.45, 7) is 2.27. The van der Waals surface area contributed by atoms with E-state index in [9.17, 15) is 35.5 Å². The van der Waals surface area contributed by atoms with Gasteiger partial charge < -0.3 is 4.74 Å². The first-order valence-electron chi connectivity index (χ1n) is 12.9. The Morgan fingerprint density at radius 3 is 1.79 bits per heavy atom. The normalized spacial score (nSPS) is 24.5. The lowest BCUT2D eigenvalue weighted by molar-refractivity contribution is -0.140. The second kappa shape index (κ2) is 11.5. The van der Waals surface area contributed by atoms with E-state index >= 15 is 0 Å². The van der Waals surface area contributed by atoms with Gasteiger partial charge >= 0.3 is 12.1 Å². The molecule has 2 aliphatic carbocycles. The van der Waals surface area contributed by atoms with Crippen LogP contribution in [0.4, 0.5) is 30.7 Å². The predicted octanol–water partition coefficient (Wildman–Crippen LogP) is 9.02. The fraction of sp³-hybridized carbons (Fsp3) is 0.483. The molecule has 0 aliphatic heterocycles. The summed E-state index contributed by atoms with van der Waals surface area (Å²) >= 11 is 0. The molecule has 0 saturated heterocycles. The van der Waals surface area contributed by atoms with Crippen molar-refractivity contribution in [3.05, 3.63) is 59.2 Å². The molecular weight excluding hydrogens is 513 g/mol. The van der Waals surface area contributed by atoms with E-state index in [1.165, 1.54) is 25.7 Å². The number of allylic oxidation sites excluding steroid dienone is 1. The van der Waals surface area contributed by atoms with E-state index in [1.807, 2.05) is 0 Å². The van der Waals surface area contributed by atoms with Crippen molar-refractivity contribution in [3.8, 4) is 16.9 Å². The highest BCUT2D eigenvalue weighted by Gasteiger charge is 2.33. The van der Waals surface area contributed by atoms with Gasteiger partial charge in [0, 0.05) is 23.8 Å². The van der Waals surface area contributed by atoms with Crippen LogP contribution in [0, 0.1) is 46.9 Å². The molecule has 0 unspecified atom stereocenters. The molecule has 2 fully saturated rings. The zero-order chi connectivity index (χ0) is 27.6. The smallest absolute Gasteiger partial charge is 0.409 e. The van der Waals surface area contributed by atoms with Gasteiger partial charge in [0.2, 0.25) is 0 Å². The maximum absolute atomic E-state index is 14.8. The number of esters is 1.